The Morgan fingerprint density at radius 2 is 2.07 bits per heavy atom. The maximum absolute atomic E-state index is 10.7. The lowest BCUT2D eigenvalue weighted by molar-refractivity contribution is 0.112. The first-order valence-electron chi connectivity index (χ1n) is 4.86. The van der Waals surface area contributed by atoms with Gasteiger partial charge in [0.2, 0.25) is 0 Å². The number of carbonyl (C=O) groups is 1. The second-order valence-corrected chi connectivity index (χ2v) is 3.68. The summed E-state index contributed by atoms with van der Waals surface area (Å²) in [6, 6.07) is 11.8. The van der Waals surface area contributed by atoms with Gasteiger partial charge in [0.25, 0.3) is 0 Å². The summed E-state index contributed by atoms with van der Waals surface area (Å²) >= 11 is 0. The topological polar surface area (TPSA) is 17.1 Å². The number of carbonyl (C=O) groups excluding carboxylic acids is 1. The van der Waals surface area contributed by atoms with Crippen molar-refractivity contribution in [3.05, 3.63) is 54.1 Å². The van der Waals surface area contributed by atoms with E-state index in [1.165, 1.54) is 0 Å². The highest BCUT2D eigenvalue weighted by Gasteiger charge is 2.01. The zero-order valence-corrected chi connectivity index (χ0v) is 8.66. The van der Waals surface area contributed by atoms with Gasteiger partial charge in [-0.05, 0) is 29.3 Å². The van der Waals surface area contributed by atoms with Crippen LogP contribution in [0.25, 0.3) is 16.3 Å². The number of aldehydes is 1. The van der Waals surface area contributed by atoms with Gasteiger partial charge < -0.3 is 0 Å². The fourth-order valence-electron chi connectivity index (χ4n) is 1.74. The van der Waals surface area contributed by atoms with E-state index in [1.54, 1.807) is 0 Å². The molecular weight excluding hydrogens is 184 g/mol. The van der Waals surface area contributed by atoms with E-state index in [0.717, 1.165) is 28.2 Å². The Bertz CT molecular complexity index is 538. The van der Waals surface area contributed by atoms with Crippen molar-refractivity contribution < 1.29 is 4.79 Å². The van der Waals surface area contributed by atoms with Gasteiger partial charge in [-0.1, -0.05) is 42.5 Å². The molecule has 0 aliphatic rings. The average Bonchev–Trinajstić information content (AvgIpc) is 2.27. The Kier molecular flexibility index (Phi) is 2.38. The number of fused-ring (bicyclic) bond motifs is 1. The molecular formula is C14H12O. The monoisotopic (exact) mass is 196 g/mol. The minimum absolute atomic E-state index is 0.705. The van der Waals surface area contributed by atoms with Gasteiger partial charge in [-0.2, -0.15) is 0 Å². The average molecular weight is 196 g/mol. The summed E-state index contributed by atoms with van der Waals surface area (Å²) in [5.41, 5.74) is 2.83. The molecule has 74 valence electrons. The third-order valence-electron chi connectivity index (χ3n) is 2.50. The molecule has 0 heterocycles. The molecule has 0 fully saturated rings. The second kappa shape index (κ2) is 3.70. The standard InChI is InChI=1S/C14H12O/c1-10(2)13-5-3-4-12-7-6-11(9-15)8-14(12)13/h3-9H,1H2,2H3. The molecule has 0 saturated carbocycles. The molecule has 0 aliphatic carbocycles. The van der Waals surface area contributed by atoms with Crippen molar-refractivity contribution in [1.82, 2.24) is 0 Å². The summed E-state index contributed by atoms with van der Waals surface area (Å²) in [4.78, 5) is 10.7. The van der Waals surface area contributed by atoms with Crippen LogP contribution in [0.5, 0.6) is 0 Å². The minimum Gasteiger partial charge on any atom is -0.298 e. The van der Waals surface area contributed by atoms with Crippen LogP contribution < -0.4 is 0 Å². The van der Waals surface area contributed by atoms with Crippen LogP contribution in [0.15, 0.2) is 43.0 Å². The Labute approximate surface area is 89.0 Å². The van der Waals surface area contributed by atoms with Crippen LogP contribution in [0.3, 0.4) is 0 Å². The van der Waals surface area contributed by atoms with Gasteiger partial charge in [-0.15, -0.1) is 0 Å². The summed E-state index contributed by atoms with van der Waals surface area (Å²) < 4.78 is 0. The van der Waals surface area contributed by atoms with Crippen molar-refractivity contribution in [2.45, 2.75) is 6.92 Å². The summed E-state index contributed by atoms with van der Waals surface area (Å²) in [5, 5.41) is 2.23. The fourth-order valence-corrected chi connectivity index (χ4v) is 1.74. The Morgan fingerprint density at radius 1 is 1.27 bits per heavy atom. The highest BCUT2D eigenvalue weighted by atomic mass is 16.1. The van der Waals surface area contributed by atoms with Crippen molar-refractivity contribution in [2.24, 2.45) is 0 Å². The van der Waals surface area contributed by atoms with Crippen molar-refractivity contribution in [3.8, 4) is 0 Å². The van der Waals surface area contributed by atoms with Gasteiger partial charge in [0.05, 0.1) is 0 Å². The van der Waals surface area contributed by atoms with Crippen molar-refractivity contribution in [3.63, 3.8) is 0 Å². The molecule has 0 atom stereocenters. The molecule has 15 heavy (non-hydrogen) atoms. The van der Waals surface area contributed by atoms with Crippen LogP contribution in [0.1, 0.15) is 22.8 Å². The zero-order valence-electron chi connectivity index (χ0n) is 8.66. The molecule has 2 aromatic rings. The molecule has 0 unspecified atom stereocenters. The lowest BCUT2D eigenvalue weighted by Gasteiger charge is -2.06. The molecule has 0 radical (unpaired) electrons. The molecule has 1 nitrogen and oxygen atoms in total. The summed E-state index contributed by atoms with van der Waals surface area (Å²) in [5.74, 6) is 0. The van der Waals surface area contributed by atoms with Gasteiger partial charge in [0, 0.05) is 5.56 Å². The van der Waals surface area contributed by atoms with Crippen LogP contribution in [0.2, 0.25) is 0 Å². The van der Waals surface area contributed by atoms with Crippen LogP contribution in [-0.2, 0) is 0 Å². The van der Waals surface area contributed by atoms with E-state index in [2.05, 4.69) is 6.58 Å². The van der Waals surface area contributed by atoms with Crippen LogP contribution >= 0.6 is 0 Å². The Hall–Kier alpha value is -1.89. The summed E-state index contributed by atoms with van der Waals surface area (Å²) in [6.07, 6.45) is 0.870. The van der Waals surface area contributed by atoms with Crippen molar-refractivity contribution >= 4 is 22.6 Å². The maximum atomic E-state index is 10.7. The predicted octanol–water partition coefficient (Wildman–Crippen LogP) is 3.69. The Balaban J connectivity index is 2.81. The first kappa shape index (κ1) is 9.66. The highest BCUT2D eigenvalue weighted by Crippen LogP contribution is 2.24. The maximum Gasteiger partial charge on any atom is 0.150 e. The molecule has 1 heteroatoms. The van der Waals surface area contributed by atoms with E-state index in [4.69, 9.17) is 0 Å². The summed E-state index contributed by atoms with van der Waals surface area (Å²) in [7, 11) is 0. The number of hydrogen-bond acceptors (Lipinski definition) is 1. The van der Waals surface area contributed by atoms with E-state index in [-0.39, 0.29) is 0 Å². The van der Waals surface area contributed by atoms with Gasteiger partial charge in [0.15, 0.2) is 0 Å². The number of rotatable bonds is 2. The first-order chi connectivity index (χ1) is 7.22. The van der Waals surface area contributed by atoms with Crippen LogP contribution in [-0.4, -0.2) is 6.29 Å². The largest absolute Gasteiger partial charge is 0.298 e. The zero-order chi connectivity index (χ0) is 10.8. The third kappa shape index (κ3) is 1.68. The van der Waals surface area contributed by atoms with E-state index in [9.17, 15) is 4.79 Å². The smallest absolute Gasteiger partial charge is 0.150 e. The highest BCUT2D eigenvalue weighted by molar-refractivity contribution is 5.96. The number of benzene rings is 2. The van der Waals surface area contributed by atoms with E-state index >= 15 is 0 Å². The van der Waals surface area contributed by atoms with E-state index in [0.29, 0.717) is 5.56 Å². The lowest BCUT2D eigenvalue weighted by atomic mass is 9.98. The van der Waals surface area contributed by atoms with Crippen molar-refractivity contribution in [2.75, 3.05) is 0 Å². The van der Waals surface area contributed by atoms with Crippen molar-refractivity contribution in [1.29, 1.82) is 0 Å². The van der Waals surface area contributed by atoms with Crippen LogP contribution in [0.4, 0.5) is 0 Å². The van der Waals surface area contributed by atoms with Gasteiger partial charge >= 0.3 is 0 Å². The lowest BCUT2D eigenvalue weighted by Crippen LogP contribution is -1.85. The molecule has 2 aromatic carbocycles. The summed E-state index contributed by atoms with van der Waals surface area (Å²) in [6.45, 7) is 5.92. The predicted molar refractivity (Wildman–Crippen MR) is 64.0 cm³/mol. The third-order valence-corrected chi connectivity index (χ3v) is 2.50. The fraction of sp³-hybridized carbons (Fsp3) is 0.0714. The quantitative estimate of drug-likeness (QED) is 0.669. The molecule has 0 aliphatic heterocycles. The van der Waals surface area contributed by atoms with E-state index in [1.807, 2.05) is 43.3 Å². The minimum atomic E-state index is 0.705. The number of hydrogen-bond donors (Lipinski definition) is 0. The number of allylic oxidation sites excluding steroid dienone is 1. The van der Waals surface area contributed by atoms with Crippen LogP contribution in [0, 0.1) is 0 Å². The second-order valence-electron chi connectivity index (χ2n) is 3.68. The Morgan fingerprint density at radius 3 is 2.73 bits per heavy atom. The normalized spacial score (nSPS) is 10.2. The molecule has 0 N–H and O–H groups in total. The van der Waals surface area contributed by atoms with Gasteiger partial charge in [-0.3, -0.25) is 4.79 Å². The molecule has 0 spiro atoms. The SMILES string of the molecule is C=C(C)c1cccc2ccc(C=O)cc12. The molecule has 0 saturated heterocycles. The molecule has 0 aromatic heterocycles. The molecule has 0 bridgehead atoms. The van der Waals surface area contributed by atoms with E-state index < -0.39 is 0 Å². The first-order valence-corrected chi connectivity index (χ1v) is 4.86. The molecule has 2 rings (SSSR count). The van der Waals surface area contributed by atoms with Gasteiger partial charge in [-0.25, -0.2) is 0 Å². The van der Waals surface area contributed by atoms with Gasteiger partial charge in [0.1, 0.15) is 6.29 Å². The molecule has 0 amide bonds.